The summed E-state index contributed by atoms with van der Waals surface area (Å²) in [6.07, 6.45) is 7.27. The Morgan fingerprint density at radius 3 is 2.52 bits per heavy atom. The molecule has 1 aliphatic carbocycles. The molecule has 1 fully saturated rings. The zero-order chi connectivity index (χ0) is 15.7. The summed E-state index contributed by atoms with van der Waals surface area (Å²) >= 11 is 0. The molecule has 3 unspecified atom stereocenters. The van der Waals surface area contributed by atoms with Crippen molar-refractivity contribution in [3.63, 3.8) is 0 Å². The standard InChI is InChI=1S/C16H30N2O3/c1-12-8-7-9-14(13(12)2)18-16(21)17-11-6-4-3-5-10-15(19)20/h12-14H,3-11H2,1-2H3,(H,19,20)(H2,17,18,21). The van der Waals surface area contributed by atoms with Crippen LogP contribution in [0.4, 0.5) is 4.79 Å². The maximum Gasteiger partial charge on any atom is 0.315 e. The molecule has 0 aromatic carbocycles. The van der Waals surface area contributed by atoms with Crippen molar-refractivity contribution in [1.82, 2.24) is 10.6 Å². The highest BCUT2D eigenvalue weighted by Crippen LogP contribution is 2.29. The molecular weight excluding hydrogens is 268 g/mol. The molecule has 0 spiro atoms. The summed E-state index contributed by atoms with van der Waals surface area (Å²) < 4.78 is 0. The normalized spacial score (nSPS) is 25.3. The number of hydrogen-bond acceptors (Lipinski definition) is 2. The van der Waals surface area contributed by atoms with Crippen LogP contribution in [0.1, 0.15) is 65.2 Å². The van der Waals surface area contributed by atoms with Crippen LogP contribution < -0.4 is 10.6 Å². The Kier molecular flexibility index (Phi) is 8.16. The van der Waals surface area contributed by atoms with E-state index in [0.717, 1.165) is 32.1 Å². The third-order valence-corrected chi connectivity index (χ3v) is 4.63. The van der Waals surface area contributed by atoms with Crippen LogP contribution in [0.3, 0.4) is 0 Å². The van der Waals surface area contributed by atoms with Crippen molar-refractivity contribution in [2.75, 3.05) is 6.54 Å². The van der Waals surface area contributed by atoms with Crippen LogP contribution >= 0.6 is 0 Å². The highest BCUT2D eigenvalue weighted by molar-refractivity contribution is 5.74. The lowest BCUT2D eigenvalue weighted by Crippen LogP contribution is -2.48. The molecule has 21 heavy (non-hydrogen) atoms. The molecule has 0 aliphatic heterocycles. The van der Waals surface area contributed by atoms with Gasteiger partial charge in [0.25, 0.3) is 0 Å². The number of carboxylic acid groups (broad SMARTS) is 1. The van der Waals surface area contributed by atoms with Gasteiger partial charge in [0.05, 0.1) is 0 Å². The van der Waals surface area contributed by atoms with Gasteiger partial charge in [-0.1, -0.05) is 39.5 Å². The van der Waals surface area contributed by atoms with E-state index in [0.29, 0.717) is 24.4 Å². The lowest BCUT2D eigenvalue weighted by atomic mass is 9.78. The Morgan fingerprint density at radius 1 is 1.10 bits per heavy atom. The first-order valence-electron chi connectivity index (χ1n) is 8.27. The number of rotatable bonds is 8. The lowest BCUT2D eigenvalue weighted by molar-refractivity contribution is -0.137. The smallest absolute Gasteiger partial charge is 0.315 e. The van der Waals surface area contributed by atoms with Gasteiger partial charge in [0.1, 0.15) is 0 Å². The molecule has 0 aromatic heterocycles. The summed E-state index contributed by atoms with van der Waals surface area (Å²) in [7, 11) is 0. The molecule has 0 heterocycles. The first-order chi connectivity index (χ1) is 10.0. The molecule has 3 atom stereocenters. The minimum atomic E-state index is -0.733. The van der Waals surface area contributed by atoms with E-state index in [4.69, 9.17) is 5.11 Å². The second-order valence-electron chi connectivity index (χ2n) is 6.33. The molecule has 0 bridgehead atoms. The molecule has 122 valence electrons. The molecule has 0 aromatic rings. The van der Waals surface area contributed by atoms with Gasteiger partial charge in [0, 0.05) is 19.0 Å². The van der Waals surface area contributed by atoms with Crippen LogP contribution in [0.2, 0.25) is 0 Å². The zero-order valence-corrected chi connectivity index (χ0v) is 13.4. The Labute approximate surface area is 127 Å². The predicted octanol–water partition coefficient (Wildman–Crippen LogP) is 3.15. The summed E-state index contributed by atoms with van der Waals surface area (Å²) in [5.74, 6) is 0.488. The maximum absolute atomic E-state index is 11.8. The average Bonchev–Trinajstić information content (AvgIpc) is 2.42. The number of hydrogen-bond donors (Lipinski definition) is 3. The first kappa shape index (κ1) is 17.8. The SMILES string of the molecule is CC1CCCC(NC(=O)NCCCCCCC(=O)O)C1C. The Hall–Kier alpha value is -1.26. The summed E-state index contributed by atoms with van der Waals surface area (Å²) in [4.78, 5) is 22.2. The van der Waals surface area contributed by atoms with E-state index in [9.17, 15) is 9.59 Å². The molecule has 2 amide bonds. The summed E-state index contributed by atoms with van der Waals surface area (Å²) in [5.41, 5.74) is 0. The van der Waals surface area contributed by atoms with E-state index in [2.05, 4.69) is 24.5 Å². The van der Waals surface area contributed by atoms with Gasteiger partial charge in [-0.05, 0) is 31.1 Å². The molecule has 1 saturated carbocycles. The monoisotopic (exact) mass is 298 g/mol. The Morgan fingerprint density at radius 2 is 1.81 bits per heavy atom. The van der Waals surface area contributed by atoms with E-state index in [1.807, 2.05) is 0 Å². The van der Waals surface area contributed by atoms with Gasteiger partial charge in [-0.2, -0.15) is 0 Å². The number of urea groups is 1. The van der Waals surface area contributed by atoms with Gasteiger partial charge in [-0.3, -0.25) is 4.79 Å². The summed E-state index contributed by atoms with van der Waals surface area (Å²) in [6, 6.07) is 0.232. The lowest BCUT2D eigenvalue weighted by Gasteiger charge is -2.34. The largest absolute Gasteiger partial charge is 0.481 e. The third kappa shape index (κ3) is 7.34. The Balaban J connectivity index is 2.04. The fraction of sp³-hybridized carbons (Fsp3) is 0.875. The van der Waals surface area contributed by atoms with Crippen LogP contribution in [0.25, 0.3) is 0 Å². The van der Waals surface area contributed by atoms with Gasteiger partial charge < -0.3 is 15.7 Å². The minimum absolute atomic E-state index is 0.0634. The van der Waals surface area contributed by atoms with Crippen molar-refractivity contribution in [3.8, 4) is 0 Å². The van der Waals surface area contributed by atoms with Crippen molar-refractivity contribution in [1.29, 1.82) is 0 Å². The number of amides is 2. The topological polar surface area (TPSA) is 78.4 Å². The van der Waals surface area contributed by atoms with Gasteiger partial charge in [0.2, 0.25) is 0 Å². The number of carboxylic acids is 1. The predicted molar refractivity (Wildman–Crippen MR) is 83.2 cm³/mol. The second kappa shape index (κ2) is 9.64. The Bertz CT molecular complexity index is 333. The van der Waals surface area contributed by atoms with Crippen molar-refractivity contribution >= 4 is 12.0 Å². The molecule has 3 N–H and O–H groups in total. The van der Waals surface area contributed by atoms with E-state index in [1.54, 1.807) is 0 Å². The molecule has 0 radical (unpaired) electrons. The quantitative estimate of drug-likeness (QED) is 0.602. The van der Waals surface area contributed by atoms with Gasteiger partial charge in [-0.25, -0.2) is 4.79 Å². The number of nitrogens with one attached hydrogen (secondary N) is 2. The number of unbranched alkanes of at least 4 members (excludes halogenated alkanes) is 3. The molecular formula is C16H30N2O3. The third-order valence-electron chi connectivity index (χ3n) is 4.63. The first-order valence-corrected chi connectivity index (χ1v) is 8.27. The van der Waals surface area contributed by atoms with Crippen molar-refractivity contribution in [2.24, 2.45) is 11.8 Å². The highest BCUT2D eigenvalue weighted by atomic mass is 16.4. The van der Waals surface area contributed by atoms with Gasteiger partial charge >= 0.3 is 12.0 Å². The average molecular weight is 298 g/mol. The number of carbonyl (C=O) groups is 2. The fourth-order valence-corrected chi connectivity index (χ4v) is 2.96. The summed E-state index contributed by atoms with van der Waals surface area (Å²) in [5, 5.41) is 14.5. The molecule has 0 saturated heterocycles. The minimum Gasteiger partial charge on any atom is -0.481 e. The van der Waals surface area contributed by atoms with Crippen molar-refractivity contribution in [3.05, 3.63) is 0 Å². The number of aliphatic carboxylic acids is 1. The van der Waals surface area contributed by atoms with Crippen LogP contribution in [-0.2, 0) is 4.79 Å². The van der Waals surface area contributed by atoms with Gasteiger partial charge in [-0.15, -0.1) is 0 Å². The van der Waals surface area contributed by atoms with Gasteiger partial charge in [0.15, 0.2) is 0 Å². The molecule has 5 heteroatoms. The fourth-order valence-electron chi connectivity index (χ4n) is 2.96. The summed E-state index contributed by atoms with van der Waals surface area (Å²) in [6.45, 7) is 5.14. The van der Waals surface area contributed by atoms with Crippen LogP contribution in [0.5, 0.6) is 0 Å². The number of carbonyl (C=O) groups excluding carboxylic acids is 1. The van der Waals surface area contributed by atoms with Crippen molar-refractivity contribution < 1.29 is 14.7 Å². The highest BCUT2D eigenvalue weighted by Gasteiger charge is 2.27. The van der Waals surface area contributed by atoms with E-state index in [1.165, 1.54) is 12.8 Å². The molecule has 5 nitrogen and oxygen atoms in total. The zero-order valence-electron chi connectivity index (χ0n) is 13.4. The van der Waals surface area contributed by atoms with E-state index < -0.39 is 5.97 Å². The van der Waals surface area contributed by atoms with Crippen molar-refractivity contribution in [2.45, 2.75) is 71.3 Å². The van der Waals surface area contributed by atoms with Crippen LogP contribution in [-0.4, -0.2) is 29.7 Å². The molecule has 1 rings (SSSR count). The van der Waals surface area contributed by atoms with Crippen LogP contribution in [0.15, 0.2) is 0 Å². The van der Waals surface area contributed by atoms with Crippen LogP contribution in [0, 0.1) is 11.8 Å². The van der Waals surface area contributed by atoms with E-state index >= 15 is 0 Å². The molecule has 1 aliphatic rings. The second-order valence-corrected chi connectivity index (χ2v) is 6.33. The maximum atomic E-state index is 11.8. The van der Waals surface area contributed by atoms with E-state index in [-0.39, 0.29) is 12.5 Å².